The predicted molar refractivity (Wildman–Crippen MR) is 316 cm³/mol. The van der Waals surface area contributed by atoms with Gasteiger partial charge in [0.05, 0.1) is 85.2 Å². The van der Waals surface area contributed by atoms with Gasteiger partial charge in [-0.25, -0.2) is 43.2 Å². The molecule has 0 aromatic carbocycles. The average Bonchev–Trinajstić information content (AvgIpc) is 3.45. The number of rotatable bonds is 36. The molecule has 85 heavy (non-hydrogen) atoms. The van der Waals surface area contributed by atoms with Crippen molar-refractivity contribution in [3.63, 3.8) is 0 Å². The van der Waals surface area contributed by atoms with Crippen LogP contribution in [0.25, 0.3) is 0 Å². The fraction of sp³-hybridized carbons (Fsp3) is 0.466. The summed E-state index contributed by atoms with van der Waals surface area (Å²) in [7, 11) is 0. The van der Waals surface area contributed by atoms with Crippen molar-refractivity contribution in [2.75, 3.05) is 112 Å². The molecule has 0 saturated carbocycles. The van der Waals surface area contributed by atoms with E-state index < -0.39 is 59.1 Å². The average molecular weight is 1220 g/mol. The number of ether oxygens (including phenoxy) is 10. The molecule has 0 bridgehead atoms. The zero-order chi connectivity index (χ0) is 68.4. The van der Waals surface area contributed by atoms with Gasteiger partial charge in [0, 0.05) is 56.6 Å². The molecule has 0 amide bonds. The van der Waals surface area contributed by atoms with Gasteiger partial charge in [-0.2, -0.15) is 0 Å². The van der Waals surface area contributed by atoms with Crippen LogP contribution in [0.5, 0.6) is 0 Å². The fourth-order valence-electron chi connectivity index (χ4n) is 2.55. The predicted octanol–water partition coefficient (Wildman–Crippen LogP) is 5.64. The van der Waals surface area contributed by atoms with E-state index >= 15 is 0 Å². The minimum Gasteiger partial charge on any atom is -0.499 e. The lowest BCUT2D eigenvalue weighted by Crippen LogP contribution is -2.32. The summed E-state index contributed by atoms with van der Waals surface area (Å²) in [6, 6.07) is 0. The van der Waals surface area contributed by atoms with Crippen LogP contribution >= 0.6 is 0 Å². The summed E-state index contributed by atoms with van der Waals surface area (Å²) in [6.45, 7) is 52.5. The van der Waals surface area contributed by atoms with Crippen molar-refractivity contribution < 1.29 is 131 Å². The second-order valence-corrected chi connectivity index (χ2v) is 15.9. The van der Waals surface area contributed by atoms with Crippen LogP contribution in [0.4, 0.5) is 0 Å². The molecule has 488 valence electrons. The Kier molecular flexibility index (Phi) is 78.9. The highest BCUT2D eigenvalue weighted by molar-refractivity contribution is 5.88. The fourth-order valence-corrected chi connectivity index (χ4v) is 2.55. The maximum absolute atomic E-state index is 10.8. The van der Waals surface area contributed by atoms with Crippen molar-refractivity contribution in [1.29, 1.82) is 0 Å². The second kappa shape index (κ2) is 70.0. The topological polar surface area (TPSA) is 408 Å². The number of carboxylic acids is 5. The maximum Gasteiger partial charge on any atom is 0.333 e. The minimum atomic E-state index is -0.935. The van der Waals surface area contributed by atoms with Crippen molar-refractivity contribution in [1.82, 2.24) is 0 Å². The smallest absolute Gasteiger partial charge is 0.333 e. The van der Waals surface area contributed by atoms with Crippen molar-refractivity contribution in [2.24, 2.45) is 5.41 Å². The van der Waals surface area contributed by atoms with Crippen molar-refractivity contribution in [3.8, 4) is 0 Å². The molecule has 0 radical (unpaired) electrons. The molecule has 0 heterocycles. The number of carbonyl (C=O) groups excluding carboxylic acids is 4. The highest BCUT2D eigenvalue weighted by Crippen LogP contribution is 2.18. The van der Waals surface area contributed by atoms with Gasteiger partial charge in [-0.15, -0.1) is 0 Å². The van der Waals surface area contributed by atoms with Crippen LogP contribution in [0.3, 0.4) is 0 Å². The van der Waals surface area contributed by atoms with E-state index in [1.807, 2.05) is 6.92 Å². The van der Waals surface area contributed by atoms with E-state index in [-0.39, 0.29) is 74.1 Å². The van der Waals surface area contributed by atoms with Crippen molar-refractivity contribution >= 4 is 53.7 Å². The van der Waals surface area contributed by atoms with Crippen LogP contribution in [0, 0.1) is 5.41 Å². The Morgan fingerprint density at radius 3 is 0.671 bits per heavy atom. The number of carboxylic acid groups (broad SMARTS) is 5. The van der Waals surface area contributed by atoms with Crippen LogP contribution in [-0.4, -0.2) is 207 Å². The van der Waals surface area contributed by atoms with Crippen LogP contribution in [0.1, 0.15) is 61.8 Å². The van der Waals surface area contributed by atoms with Crippen LogP contribution < -0.4 is 0 Å². The van der Waals surface area contributed by atoms with Gasteiger partial charge in [0.1, 0.15) is 39.6 Å². The number of hydrogen-bond donors (Lipinski definition) is 8. The SMILES string of the molecule is C=C(C)C(=O)O.C=C(C)C(=O)O.C=C(C)C(=O)O.C=C(C)C(=O)O.C=C(C)C(=O)O.C=C(C)C(=O)OCCOC(=O)C(=C)C.C=CC(=O)OCCOCCOCCOCCOC(=O)C=C.C=COCCOCCOC=C.CCC(CO)(CO)CO. The molecular formula is C58H94O27. The first-order valence-corrected chi connectivity index (χ1v) is 24.8. The van der Waals surface area contributed by atoms with E-state index in [9.17, 15) is 43.2 Å². The number of aliphatic carboxylic acids is 5. The molecule has 0 aromatic rings. The van der Waals surface area contributed by atoms with E-state index in [2.05, 4.69) is 81.8 Å². The number of aliphatic hydroxyl groups excluding tert-OH is 3. The molecular weight excluding hydrogens is 1130 g/mol. The molecule has 0 unspecified atom stereocenters. The van der Waals surface area contributed by atoms with Gasteiger partial charge < -0.3 is 88.2 Å². The Morgan fingerprint density at radius 1 is 0.341 bits per heavy atom. The van der Waals surface area contributed by atoms with Gasteiger partial charge in [-0.3, -0.25) is 0 Å². The Balaban J connectivity index is -0.000000114. The standard InChI is InChI=1S/C14H22O7.C10H14O4.C8H14O3.C6H14O3.5C4H6O2/c1-3-13(15)20-11-9-18-7-5-17-6-8-19-10-12-21-14(16)4-2;1-7(2)9(11)13-5-6-14-10(12)8(3)4;1-3-9-5-7-11-8-6-10-4-2;1-2-6(3-7,4-8)5-9;5*1-3(2)4(5)6/h3-4H,1-2,5-12H2;1,3,5-6H2,2,4H3;3-4H,1-2,5-8H2;7-9H,2-5H2,1H3;5*1H2,2H3,(H,5,6). The van der Waals surface area contributed by atoms with E-state index in [1.54, 1.807) is 13.8 Å². The van der Waals surface area contributed by atoms with Gasteiger partial charge in [-0.1, -0.05) is 79.3 Å². The van der Waals surface area contributed by atoms with Gasteiger partial charge in [0.15, 0.2) is 0 Å². The summed E-state index contributed by atoms with van der Waals surface area (Å²) in [4.78, 5) is 91.0. The Hall–Kier alpha value is -8.31. The molecule has 0 rings (SSSR count). The lowest BCUT2D eigenvalue weighted by molar-refractivity contribution is -0.147. The molecule has 0 aromatic heterocycles. The molecule has 0 aliphatic rings. The Bertz CT molecular complexity index is 1740. The summed E-state index contributed by atoms with van der Waals surface area (Å²) in [5.74, 6) is -6.59. The van der Waals surface area contributed by atoms with Crippen LogP contribution in [0.2, 0.25) is 0 Å². The third-order valence-electron chi connectivity index (χ3n) is 7.78. The van der Waals surface area contributed by atoms with E-state index in [0.29, 0.717) is 83.6 Å². The Labute approximate surface area is 499 Å². The quantitative estimate of drug-likeness (QED) is 0.0124. The minimum absolute atomic E-state index is 0.0325. The van der Waals surface area contributed by atoms with Gasteiger partial charge >= 0.3 is 53.7 Å². The summed E-state index contributed by atoms with van der Waals surface area (Å²) >= 11 is 0. The molecule has 0 aliphatic heterocycles. The molecule has 27 nitrogen and oxygen atoms in total. The molecule has 0 atom stereocenters. The summed E-state index contributed by atoms with van der Waals surface area (Å²) in [6.07, 6.45) is 5.58. The first kappa shape index (κ1) is 95.9. The first-order chi connectivity index (χ1) is 39.5. The molecule has 0 saturated heterocycles. The van der Waals surface area contributed by atoms with Gasteiger partial charge in [-0.05, 0) is 54.9 Å². The molecule has 0 fully saturated rings. The number of carbonyl (C=O) groups is 9. The van der Waals surface area contributed by atoms with Gasteiger partial charge in [0.25, 0.3) is 0 Å². The largest absolute Gasteiger partial charge is 0.499 e. The molecule has 27 heteroatoms. The van der Waals surface area contributed by atoms with Crippen molar-refractivity contribution in [3.05, 3.63) is 136 Å². The highest BCUT2D eigenvalue weighted by atomic mass is 16.6. The molecule has 0 aliphatic carbocycles. The zero-order valence-corrected chi connectivity index (χ0v) is 50.6. The lowest BCUT2D eigenvalue weighted by Gasteiger charge is -2.24. The Morgan fingerprint density at radius 2 is 0.529 bits per heavy atom. The molecule has 0 spiro atoms. The lowest BCUT2D eigenvalue weighted by atomic mass is 9.88. The maximum atomic E-state index is 10.8. The summed E-state index contributed by atoms with van der Waals surface area (Å²) in [5, 5.41) is 65.4. The highest BCUT2D eigenvalue weighted by Gasteiger charge is 2.25. The monoisotopic (exact) mass is 1220 g/mol. The summed E-state index contributed by atoms with van der Waals surface area (Å²) in [5.41, 5.74) is 0.845. The first-order valence-electron chi connectivity index (χ1n) is 24.8. The van der Waals surface area contributed by atoms with Crippen LogP contribution in [-0.2, 0) is 90.5 Å². The van der Waals surface area contributed by atoms with E-state index in [1.165, 1.54) is 47.1 Å². The zero-order valence-electron chi connectivity index (χ0n) is 50.6. The third-order valence-corrected chi connectivity index (χ3v) is 7.78. The normalized spacial score (nSPS) is 8.98. The molecule has 8 N–H and O–H groups in total. The van der Waals surface area contributed by atoms with E-state index in [4.69, 9.17) is 78.7 Å². The second-order valence-electron chi connectivity index (χ2n) is 15.9. The number of hydrogen-bond acceptors (Lipinski definition) is 22. The summed E-state index contributed by atoms with van der Waals surface area (Å²) < 4.78 is 49.1. The van der Waals surface area contributed by atoms with Gasteiger partial charge in [0.2, 0.25) is 0 Å². The van der Waals surface area contributed by atoms with E-state index in [0.717, 1.165) is 12.2 Å². The number of esters is 4. The van der Waals surface area contributed by atoms with Crippen molar-refractivity contribution in [2.45, 2.75) is 61.8 Å². The third kappa shape index (κ3) is 92.4. The van der Waals surface area contributed by atoms with Crippen LogP contribution in [0.15, 0.2) is 136 Å². The number of aliphatic hydroxyl groups is 3.